The Labute approximate surface area is 196 Å². The third kappa shape index (κ3) is 3.56. The predicted octanol–water partition coefficient (Wildman–Crippen LogP) is 5.15. The molecule has 33 heavy (non-hydrogen) atoms. The maximum Gasteiger partial charge on any atom is 0.291 e. The van der Waals surface area contributed by atoms with Crippen LogP contribution in [0.5, 0.6) is 11.5 Å². The van der Waals surface area contributed by atoms with Crippen molar-refractivity contribution < 1.29 is 23.4 Å². The van der Waals surface area contributed by atoms with Crippen LogP contribution in [0.1, 0.15) is 33.3 Å². The third-order valence-corrected chi connectivity index (χ3v) is 6.21. The van der Waals surface area contributed by atoms with Crippen molar-refractivity contribution >= 4 is 32.8 Å². The first-order chi connectivity index (χ1) is 15.9. The number of phenols is 1. The fourth-order valence-corrected chi connectivity index (χ4v) is 4.51. The van der Waals surface area contributed by atoms with Crippen molar-refractivity contribution in [3.8, 4) is 11.5 Å². The van der Waals surface area contributed by atoms with E-state index >= 15 is 0 Å². The molecule has 8 heteroatoms. The molecule has 1 aromatic heterocycles. The monoisotopic (exact) mass is 509 g/mol. The summed E-state index contributed by atoms with van der Waals surface area (Å²) in [7, 11) is 1.42. The number of hydrogen-bond acceptors (Lipinski definition) is 5. The third-order valence-electron chi connectivity index (χ3n) is 5.71. The summed E-state index contributed by atoms with van der Waals surface area (Å²) in [6, 6.07) is 14.7. The lowest BCUT2D eigenvalue weighted by Gasteiger charge is -2.25. The van der Waals surface area contributed by atoms with Crippen LogP contribution in [-0.4, -0.2) is 23.0 Å². The molecule has 0 saturated carbocycles. The van der Waals surface area contributed by atoms with Gasteiger partial charge in [0, 0.05) is 11.0 Å². The molecule has 0 saturated heterocycles. The highest BCUT2D eigenvalue weighted by atomic mass is 79.9. The molecule has 1 N–H and O–H groups in total. The highest BCUT2D eigenvalue weighted by molar-refractivity contribution is 9.10. The van der Waals surface area contributed by atoms with Crippen LogP contribution in [0.25, 0.3) is 11.0 Å². The molecular weight excluding hydrogens is 493 g/mol. The Bertz CT molecular complexity index is 1460. The Kier molecular flexibility index (Phi) is 5.17. The Morgan fingerprint density at radius 1 is 1.09 bits per heavy atom. The maximum absolute atomic E-state index is 13.6. The van der Waals surface area contributed by atoms with Gasteiger partial charge in [0.15, 0.2) is 16.9 Å². The van der Waals surface area contributed by atoms with E-state index in [1.165, 1.54) is 30.2 Å². The highest BCUT2D eigenvalue weighted by Crippen LogP contribution is 2.41. The molecule has 0 spiro atoms. The Morgan fingerprint density at radius 2 is 1.85 bits per heavy atom. The van der Waals surface area contributed by atoms with Crippen molar-refractivity contribution in [1.29, 1.82) is 0 Å². The standard InChI is InChI=1S/C25H17BrFNO5/c1-32-20-10-14(4-8-18(20)29)22-21-23(30)17-11-15(26)5-9-19(17)33-24(21)25(31)28(22)12-13-2-6-16(27)7-3-13/h2-11,22,29H,12H2,1H3. The summed E-state index contributed by atoms with van der Waals surface area (Å²) >= 11 is 3.38. The van der Waals surface area contributed by atoms with Crippen molar-refractivity contribution in [3.05, 3.63) is 104 Å². The van der Waals surface area contributed by atoms with Crippen LogP contribution in [0.2, 0.25) is 0 Å². The van der Waals surface area contributed by atoms with Gasteiger partial charge in [0.2, 0.25) is 5.76 Å². The van der Waals surface area contributed by atoms with Crippen molar-refractivity contribution in [2.24, 2.45) is 0 Å². The van der Waals surface area contributed by atoms with Crippen LogP contribution in [-0.2, 0) is 6.54 Å². The number of aromatic hydroxyl groups is 1. The number of halogens is 2. The molecule has 1 aliphatic rings. The van der Waals surface area contributed by atoms with Crippen LogP contribution in [0.15, 0.2) is 74.3 Å². The van der Waals surface area contributed by atoms with Gasteiger partial charge < -0.3 is 19.2 Å². The molecule has 0 aliphatic carbocycles. The Balaban J connectivity index is 1.73. The number of nitrogens with zero attached hydrogens (tertiary/aromatic N) is 1. The lowest BCUT2D eigenvalue weighted by atomic mass is 9.98. The Hall–Kier alpha value is -3.65. The van der Waals surface area contributed by atoms with Gasteiger partial charge in [-0.05, 0) is 53.6 Å². The van der Waals surface area contributed by atoms with Crippen molar-refractivity contribution in [2.45, 2.75) is 12.6 Å². The van der Waals surface area contributed by atoms with Crippen LogP contribution < -0.4 is 10.2 Å². The number of carbonyl (C=O) groups is 1. The maximum atomic E-state index is 13.6. The number of fused-ring (bicyclic) bond motifs is 2. The van der Waals surface area contributed by atoms with Gasteiger partial charge in [0.05, 0.1) is 24.1 Å². The van der Waals surface area contributed by atoms with E-state index in [1.54, 1.807) is 42.5 Å². The lowest BCUT2D eigenvalue weighted by Crippen LogP contribution is -2.29. The molecular formula is C25H17BrFNO5. The van der Waals surface area contributed by atoms with E-state index in [4.69, 9.17) is 9.15 Å². The van der Waals surface area contributed by atoms with Gasteiger partial charge in [-0.2, -0.15) is 0 Å². The molecule has 5 rings (SSSR count). The molecule has 2 heterocycles. The van der Waals surface area contributed by atoms with Crippen LogP contribution >= 0.6 is 15.9 Å². The second kappa shape index (κ2) is 8.04. The second-order valence-electron chi connectivity index (χ2n) is 7.71. The molecule has 0 fully saturated rings. The molecule has 166 valence electrons. The zero-order valence-electron chi connectivity index (χ0n) is 17.3. The number of hydrogen-bond donors (Lipinski definition) is 1. The van der Waals surface area contributed by atoms with E-state index in [0.29, 0.717) is 26.6 Å². The normalized spacial score (nSPS) is 15.2. The lowest BCUT2D eigenvalue weighted by molar-refractivity contribution is 0.0714. The van der Waals surface area contributed by atoms with Crippen molar-refractivity contribution in [3.63, 3.8) is 0 Å². The molecule has 4 aromatic rings. The average Bonchev–Trinajstić information content (AvgIpc) is 3.08. The van der Waals surface area contributed by atoms with Gasteiger partial charge in [0.1, 0.15) is 11.4 Å². The molecule has 1 aliphatic heterocycles. The number of ether oxygens (including phenoxy) is 1. The van der Waals surface area contributed by atoms with Gasteiger partial charge in [-0.1, -0.05) is 34.1 Å². The summed E-state index contributed by atoms with van der Waals surface area (Å²) in [4.78, 5) is 28.5. The van der Waals surface area contributed by atoms with E-state index in [9.17, 15) is 19.1 Å². The Morgan fingerprint density at radius 3 is 2.58 bits per heavy atom. The highest BCUT2D eigenvalue weighted by Gasteiger charge is 2.43. The first-order valence-corrected chi connectivity index (χ1v) is 10.8. The van der Waals surface area contributed by atoms with E-state index in [0.717, 1.165) is 0 Å². The summed E-state index contributed by atoms with van der Waals surface area (Å²) in [6.07, 6.45) is 0. The SMILES string of the molecule is COc1cc(C2c3c(oc4ccc(Br)cc4c3=O)C(=O)N2Cc2ccc(F)cc2)ccc1O. The fourth-order valence-electron chi connectivity index (χ4n) is 4.15. The van der Waals surface area contributed by atoms with E-state index in [1.807, 2.05) is 0 Å². The molecule has 1 unspecified atom stereocenters. The predicted molar refractivity (Wildman–Crippen MR) is 123 cm³/mol. The first-order valence-electron chi connectivity index (χ1n) is 10.1. The van der Waals surface area contributed by atoms with Gasteiger partial charge >= 0.3 is 0 Å². The summed E-state index contributed by atoms with van der Waals surface area (Å²) in [6.45, 7) is 0.122. The van der Waals surface area contributed by atoms with Crippen molar-refractivity contribution in [2.75, 3.05) is 7.11 Å². The summed E-state index contributed by atoms with van der Waals surface area (Å²) in [5, 5.41) is 10.4. The van der Waals surface area contributed by atoms with Gasteiger partial charge in [-0.25, -0.2) is 4.39 Å². The van der Waals surface area contributed by atoms with E-state index in [2.05, 4.69) is 15.9 Å². The minimum absolute atomic E-state index is 0.0334. The minimum atomic E-state index is -0.785. The number of phenolic OH excluding ortho intramolecular Hbond substituents is 1. The van der Waals surface area contributed by atoms with Crippen molar-refractivity contribution in [1.82, 2.24) is 4.90 Å². The second-order valence-corrected chi connectivity index (χ2v) is 8.62. The van der Waals surface area contributed by atoms with Crippen LogP contribution in [0, 0.1) is 5.82 Å². The summed E-state index contributed by atoms with van der Waals surface area (Å²) in [5.74, 6) is -0.723. The zero-order valence-corrected chi connectivity index (χ0v) is 18.9. The van der Waals surface area contributed by atoms with Crippen LogP contribution in [0.4, 0.5) is 4.39 Å². The largest absolute Gasteiger partial charge is 0.504 e. The van der Waals surface area contributed by atoms with E-state index in [-0.39, 0.29) is 40.6 Å². The minimum Gasteiger partial charge on any atom is -0.504 e. The molecule has 0 bridgehead atoms. The number of methoxy groups -OCH3 is 1. The van der Waals surface area contributed by atoms with Crippen LogP contribution in [0.3, 0.4) is 0 Å². The quantitative estimate of drug-likeness (QED) is 0.411. The first kappa shape index (κ1) is 21.2. The molecule has 3 aromatic carbocycles. The topological polar surface area (TPSA) is 80.0 Å². The number of amides is 1. The van der Waals surface area contributed by atoms with E-state index < -0.39 is 11.9 Å². The number of carbonyl (C=O) groups excluding carboxylic acids is 1. The van der Waals surface area contributed by atoms with Gasteiger partial charge in [-0.3, -0.25) is 9.59 Å². The molecule has 6 nitrogen and oxygen atoms in total. The van der Waals surface area contributed by atoms with Gasteiger partial charge in [0.25, 0.3) is 5.91 Å². The fraction of sp³-hybridized carbons (Fsp3) is 0.120. The summed E-state index contributed by atoms with van der Waals surface area (Å²) in [5.41, 5.74) is 1.45. The molecule has 1 amide bonds. The summed E-state index contributed by atoms with van der Waals surface area (Å²) < 4.78 is 25.3. The van der Waals surface area contributed by atoms with Gasteiger partial charge in [-0.15, -0.1) is 0 Å². The number of benzene rings is 3. The average molecular weight is 510 g/mol. The zero-order chi connectivity index (χ0) is 23.3. The smallest absolute Gasteiger partial charge is 0.291 e. The molecule has 0 radical (unpaired) electrons. The number of rotatable bonds is 4. The molecule has 1 atom stereocenters.